The summed E-state index contributed by atoms with van der Waals surface area (Å²) in [7, 11) is 1.46. The molecule has 0 bridgehead atoms. The van der Waals surface area contributed by atoms with Gasteiger partial charge < -0.3 is 15.4 Å². The van der Waals surface area contributed by atoms with Crippen molar-refractivity contribution in [1.82, 2.24) is 10.6 Å². The number of carbonyl (C=O) groups is 3. The molecule has 0 aliphatic carbocycles. The smallest absolute Gasteiger partial charge is 0.322 e. The highest BCUT2D eigenvalue weighted by atomic mass is 16.5. The van der Waals surface area contributed by atoms with Gasteiger partial charge in [-0.1, -0.05) is 45.9 Å². The average Bonchev–Trinajstić information content (AvgIpc) is 2.71. The largest absolute Gasteiger partial charge is 0.377 e. The maximum absolute atomic E-state index is 13.1. The SMILES string of the molecule is COCC(=O)[C@H](CC(C)C)NC(=O)[C@H](CC(C)C)NC(=O)N1CCCc2ccccc21. The van der Waals surface area contributed by atoms with E-state index in [2.05, 4.69) is 10.6 Å². The maximum atomic E-state index is 13.1. The Bertz CT molecular complexity index is 763. The van der Waals surface area contributed by atoms with Gasteiger partial charge in [0, 0.05) is 19.3 Å². The number of ketones is 1. The zero-order chi connectivity index (χ0) is 23.0. The second-order valence-electron chi connectivity index (χ2n) is 9.11. The van der Waals surface area contributed by atoms with E-state index < -0.39 is 12.1 Å². The molecule has 7 heteroatoms. The summed E-state index contributed by atoms with van der Waals surface area (Å²) < 4.78 is 4.97. The molecule has 1 heterocycles. The van der Waals surface area contributed by atoms with Crippen LogP contribution < -0.4 is 15.5 Å². The van der Waals surface area contributed by atoms with Gasteiger partial charge >= 0.3 is 6.03 Å². The lowest BCUT2D eigenvalue weighted by atomic mass is 9.98. The van der Waals surface area contributed by atoms with Gasteiger partial charge in [0.25, 0.3) is 0 Å². The van der Waals surface area contributed by atoms with E-state index in [1.54, 1.807) is 4.90 Å². The fourth-order valence-corrected chi connectivity index (χ4v) is 3.93. The van der Waals surface area contributed by atoms with Crippen LogP contribution in [0.4, 0.5) is 10.5 Å². The minimum atomic E-state index is -0.716. The van der Waals surface area contributed by atoms with Gasteiger partial charge in [-0.05, 0) is 49.1 Å². The van der Waals surface area contributed by atoms with Gasteiger partial charge in [0.05, 0.1) is 6.04 Å². The van der Waals surface area contributed by atoms with Gasteiger partial charge in [0.2, 0.25) is 5.91 Å². The summed E-state index contributed by atoms with van der Waals surface area (Å²) in [5.41, 5.74) is 2.03. The number of rotatable bonds is 10. The van der Waals surface area contributed by atoms with Crippen LogP contribution in [0.15, 0.2) is 24.3 Å². The van der Waals surface area contributed by atoms with Crippen molar-refractivity contribution < 1.29 is 19.1 Å². The van der Waals surface area contributed by atoms with Gasteiger partial charge in [-0.2, -0.15) is 0 Å². The lowest BCUT2D eigenvalue weighted by Crippen LogP contribution is -2.55. The molecule has 1 aliphatic heterocycles. The number of para-hydroxylation sites is 1. The van der Waals surface area contributed by atoms with E-state index in [4.69, 9.17) is 4.74 Å². The van der Waals surface area contributed by atoms with Crippen molar-refractivity contribution in [3.8, 4) is 0 Å². The number of nitrogens with zero attached hydrogens (tertiary/aromatic N) is 1. The summed E-state index contributed by atoms with van der Waals surface area (Å²) in [6.45, 7) is 8.57. The second-order valence-corrected chi connectivity index (χ2v) is 9.11. The van der Waals surface area contributed by atoms with E-state index in [1.165, 1.54) is 7.11 Å². The first-order valence-electron chi connectivity index (χ1n) is 11.2. The first-order valence-corrected chi connectivity index (χ1v) is 11.2. The Labute approximate surface area is 185 Å². The summed E-state index contributed by atoms with van der Waals surface area (Å²) in [6.07, 6.45) is 2.83. The minimum absolute atomic E-state index is 0.0521. The fraction of sp³-hybridized carbons (Fsp3) is 0.625. The Morgan fingerprint density at radius 3 is 2.29 bits per heavy atom. The van der Waals surface area contributed by atoms with Crippen LogP contribution in [0.25, 0.3) is 0 Å². The molecule has 7 nitrogen and oxygen atoms in total. The predicted octanol–water partition coefficient (Wildman–Crippen LogP) is 3.31. The number of benzene rings is 1. The van der Waals surface area contributed by atoms with E-state index in [0.29, 0.717) is 19.4 Å². The van der Waals surface area contributed by atoms with Gasteiger partial charge in [0.15, 0.2) is 5.78 Å². The molecule has 2 N–H and O–H groups in total. The summed E-state index contributed by atoms with van der Waals surface area (Å²) in [6, 6.07) is 6.23. The molecule has 0 radical (unpaired) electrons. The third-order valence-electron chi connectivity index (χ3n) is 5.38. The number of methoxy groups -OCH3 is 1. The molecule has 0 aromatic heterocycles. The highest BCUT2D eigenvalue weighted by Gasteiger charge is 2.30. The van der Waals surface area contributed by atoms with Crippen molar-refractivity contribution in [2.75, 3.05) is 25.2 Å². The normalized spacial score (nSPS) is 15.4. The Morgan fingerprint density at radius 2 is 1.65 bits per heavy atom. The van der Waals surface area contributed by atoms with Crippen LogP contribution in [-0.2, 0) is 20.7 Å². The average molecular weight is 432 g/mol. The zero-order valence-electron chi connectivity index (χ0n) is 19.4. The molecule has 2 atom stereocenters. The predicted molar refractivity (Wildman–Crippen MR) is 122 cm³/mol. The Balaban J connectivity index is 2.14. The molecule has 31 heavy (non-hydrogen) atoms. The minimum Gasteiger partial charge on any atom is -0.377 e. The standard InChI is InChI=1S/C24H37N3O4/c1-16(2)13-19(22(28)15-31-5)25-23(29)20(14-17(3)4)26-24(30)27-12-8-10-18-9-6-7-11-21(18)27/h6-7,9,11,16-17,19-20H,8,10,12-15H2,1-5H3,(H,25,29)(H,26,30)/t19-,20-/m0/s1. The quantitative estimate of drug-likeness (QED) is 0.595. The van der Waals surface area contributed by atoms with Crippen molar-refractivity contribution in [3.05, 3.63) is 29.8 Å². The van der Waals surface area contributed by atoms with E-state index in [9.17, 15) is 14.4 Å². The molecule has 0 saturated heterocycles. The fourth-order valence-electron chi connectivity index (χ4n) is 3.93. The number of fused-ring (bicyclic) bond motifs is 1. The Kier molecular flexibility index (Phi) is 9.49. The summed E-state index contributed by atoms with van der Waals surface area (Å²) >= 11 is 0. The number of carbonyl (C=O) groups excluding carboxylic acids is 3. The summed E-state index contributed by atoms with van der Waals surface area (Å²) in [4.78, 5) is 40.4. The lowest BCUT2D eigenvalue weighted by Gasteiger charge is -2.32. The molecule has 2 rings (SSSR count). The van der Waals surface area contributed by atoms with Crippen molar-refractivity contribution in [3.63, 3.8) is 0 Å². The third-order valence-corrected chi connectivity index (χ3v) is 5.38. The van der Waals surface area contributed by atoms with Gasteiger partial charge in [-0.25, -0.2) is 4.79 Å². The van der Waals surface area contributed by atoms with E-state index in [0.717, 1.165) is 24.1 Å². The molecule has 0 saturated carbocycles. The molecule has 1 aromatic rings. The number of ether oxygens (including phenoxy) is 1. The molecule has 0 spiro atoms. The topological polar surface area (TPSA) is 87.7 Å². The monoisotopic (exact) mass is 431 g/mol. The number of urea groups is 1. The molecule has 0 unspecified atom stereocenters. The molecule has 172 valence electrons. The lowest BCUT2D eigenvalue weighted by molar-refractivity contribution is -0.131. The molecule has 0 fully saturated rings. The van der Waals surface area contributed by atoms with Crippen molar-refractivity contribution in [1.29, 1.82) is 0 Å². The summed E-state index contributed by atoms with van der Waals surface area (Å²) in [5.74, 6) is -0.0661. The Hall–Kier alpha value is -2.41. The van der Waals surface area contributed by atoms with Crippen molar-refractivity contribution >= 4 is 23.4 Å². The maximum Gasteiger partial charge on any atom is 0.322 e. The van der Waals surface area contributed by atoms with Crippen LogP contribution in [0.3, 0.4) is 0 Å². The van der Waals surface area contributed by atoms with E-state index >= 15 is 0 Å². The molecular weight excluding hydrogens is 394 g/mol. The van der Waals surface area contributed by atoms with Crippen LogP contribution in [0.1, 0.15) is 52.5 Å². The zero-order valence-corrected chi connectivity index (χ0v) is 19.4. The first kappa shape index (κ1) is 24.9. The number of nitrogens with one attached hydrogen (secondary N) is 2. The summed E-state index contributed by atoms with van der Waals surface area (Å²) in [5, 5.41) is 5.78. The number of Topliss-reactive ketones (excluding diaryl/α,β-unsaturated/α-hetero) is 1. The molecular formula is C24H37N3O4. The van der Waals surface area contributed by atoms with Crippen LogP contribution in [0.5, 0.6) is 0 Å². The van der Waals surface area contributed by atoms with Gasteiger partial charge in [-0.15, -0.1) is 0 Å². The first-order chi connectivity index (χ1) is 14.7. The van der Waals surface area contributed by atoms with Gasteiger partial charge in [0.1, 0.15) is 12.6 Å². The number of amides is 3. The van der Waals surface area contributed by atoms with Crippen LogP contribution in [0, 0.1) is 11.8 Å². The number of hydrogen-bond donors (Lipinski definition) is 2. The Morgan fingerprint density at radius 1 is 1.00 bits per heavy atom. The number of aryl methyl sites for hydroxylation is 1. The molecule has 1 aliphatic rings. The highest BCUT2D eigenvalue weighted by molar-refractivity contribution is 5.97. The number of hydrogen-bond acceptors (Lipinski definition) is 4. The molecule has 1 aromatic carbocycles. The van der Waals surface area contributed by atoms with Crippen molar-refractivity contribution in [2.45, 2.75) is 65.5 Å². The highest BCUT2D eigenvalue weighted by Crippen LogP contribution is 2.26. The van der Waals surface area contributed by atoms with E-state index in [-0.39, 0.29) is 36.2 Å². The van der Waals surface area contributed by atoms with Crippen LogP contribution in [0.2, 0.25) is 0 Å². The van der Waals surface area contributed by atoms with Gasteiger partial charge in [-0.3, -0.25) is 14.5 Å². The van der Waals surface area contributed by atoms with E-state index in [1.807, 2.05) is 52.0 Å². The van der Waals surface area contributed by atoms with Crippen LogP contribution >= 0.6 is 0 Å². The van der Waals surface area contributed by atoms with Crippen molar-refractivity contribution in [2.24, 2.45) is 11.8 Å². The molecule has 3 amide bonds. The van der Waals surface area contributed by atoms with Crippen LogP contribution in [-0.4, -0.2) is 50.1 Å². The number of anilines is 1. The third kappa shape index (κ3) is 7.35. The second kappa shape index (κ2) is 11.8.